The molecule has 0 aliphatic heterocycles. The number of aromatic hydroxyl groups is 1. The van der Waals surface area contributed by atoms with Gasteiger partial charge in [-0.05, 0) is 31.2 Å². The van der Waals surface area contributed by atoms with Gasteiger partial charge in [0.15, 0.2) is 11.6 Å². The van der Waals surface area contributed by atoms with Crippen LogP contribution in [0.1, 0.15) is 11.4 Å². The van der Waals surface area contributed by atoms with E-state index in [0.717, 1.165) is 5.69 Å². The molecule has 8 nitrogen and oxygen atoms in total. The molecule has 4 aromatic rings. The minimum absolute atomic E-state index is 0.0901. The predicted molar refractivity (Wildman–Crippen MR) is 96.0 cm³/mol. The lowest BCUT2D eigenvalue weighted by Crippen LogP contribution is -2.07. The van der Waals surface area contributed by atoms with Crippen molar-refractivity contribution < 1.29 is 9.84 Å². The summed E-state index contributed by atoms with van der Waals surface area (Å²) in [6, 6.07) is 10.5. The van der Waals surface area contributed by atoms with Crippen molar-refractivity contribution in [3.8, 4) is 17.3 Å². The molecule has 0 unspecified atom stereocenters. The Morgan fingerprint density at radius 3 is 2.81 bits per heavy atom. The average Bonchev–Trinajstić information content (AvgIpc) is 3.15. The minimum Gasteiger partial charge on any atom is -0.493 e. The molecular formula is C18H16N6O2. The molecule has 130 valence electrons. The van der Waals surface area contributed by atoms with Crippen LogP contribution in [0, 0.1) is 6.92 Å². The van der Waals surface area contributed by atoms with Crippen molar-refractivity contribution in [2.75, 3.05) is 5.73 Å². The number of hydrogen-bond donors (Lipinski definition) is 2. The first-order valence-electron chi connectivity index (χ1n) is 7.96. The van der Waals surface area contributed by atoms with Crippen LogP contribution in [0.2, 0.25) is 0 Å². The average molecular weight is 348 g/mol. The Morgan fingerprint density at radius 1 is 1.12 bits per heavy atom. The molecule has 26 heavy (non-hydrogen) atoms. The highest BCUT2D eigenvalue weighted by Crippen LogP contribution is 2.26. The second-order valence-electron chi connectivity index (χ2n) is 5.74. The highest BCUT2D eigenvalue weighted by Gasteiger charge is 2.12. The van der Waals surface area contributed by atoms with Gasteiger partial charge in [0.05, 0.1) is 16.7 Å². The number of fused-ring (bicyclic) bond motifs is 1. The van der Waals surface area contributed by atoms with Crippen molar-refractivity contribution in [3.63, 3.8) is 0 Å². The maximum atomic E-state index is 9.72. The van der Waals surface area contributed by atoms with Gasteiger partial charge in [-0.3, -0.25) is 4.98 Å². The smallest absolute Gasteiger partial charge is 0.211 e. The number of rotatable bonds is 4. The van der Waals surface area contributed by atoms with E-state index in [1.54, 1.807) is 35.3 Å². The third-order valence-electron chi connectivity index (χ3n) is 3.85. The van der Waals surface area contributed by atoms with E-state index in [1.807, 2.05) is 19.1 Å². The van der Waals surface area contributed by atoms with Crippen molar-refractivity contribution >= 4 is 16.9 Å². The molecule has 0 saturated heterocycles. The van der Waals surface area contributed by atoms with Crippen molar-refractivity contribution in [2.24, 2.45) is 0 Å². The summed E-state index contributed by atoms with van der Waals surface area (Å²) in [5.74, 6) is 0.581. The van der Waals surface area contributed by atoms with Gasteiger partial charge in [0.25, 0.3) is 0 Å². The molecule has 0 radical (unpaired) electrons. The quantitative estimate of drug-likeness (QED) is 0.582. The zero-order valence-electron chi connectivity index (χ0n) is 14.0. The highest BCUT2D eigenvalue weighted by atomic mass is 16.5. The third-order valence-corrected chi connectivity index (χ3v) is 3.85. The van der Waals surface area contributed by atoms with Crippen LogP contribution in [0.4, 0.5) is 5.82 Å². The summed E-state index contributed by atoms with van der Waals surface area (Å²) >= 11 is 0. The van der Waals surface area contributed by atoms with Crippen LogP contribution in [0.5, 0.6) is 11.6 Å². The summed E-state index contributed by atoms with van der Waals surface area (Å²) in [6.45, 7) is 2.00. The zero-order valence-corrected chi connectivity index (χ0v) is 14.0. The van der Waals surface area contributed by atoms with Gasteiger partial charge < -0.3 is 15.6 Å². The summed E-state index contributed by atoms with van der Waals surface area (Å²) in [5.41, 5.74) is 9.50. The number of nitrogens with zero attached hydrogens (tertiary/aromatic N) is 5. The van der Waals surface area contributed by atoms with E-state index >= 15 is 0 Å². The number of nitrogen functional groups attached to an aromatic ring is 1. The monoisotopic (exact) mass is 348 g/mol. The zero-order chi connectivity index (χ0) is 18.1. The first-order chi connectivity index (χ1) is 12.6. The van der Waals surface area contributed by atoms with Crippen LogP contribution < -0.4 is 10.5 Å². The Balaban J connectivity index is 1.66. The van der Waals surface area contributed by atoms with Crippen LogP contribution in [-0.4, -0.2) is 29.8 Å². The molecule has 0 aliphatic carbocycles. The normalized spacial score (nSPS) is 11.0. The lowest BCUT2D eigenvalue weighted by atomic mass is 10.2. The van der Waals surface area contributed by atoms with E-state index in [9.17, 15) is 5.11 Å². The van der Waals surface area contributed by atoms with Crippen LogP contribution in [0.3, 0.4) is 0 Å². The molecular weight excluding hydrogens is 332 g/mol. The molecule has 0 aliphatic rings. The summed E-state index contributed by atoms with van der Waals surface area (Å²) in [7, 11) is 0. The Kier molecular flexibility index (Phi) is 3.85. The number of aryl methyl sites for hydroxylation is 1. The van der Waals surface area contributed by atoms with Crippen molar-refractivity contribution in [3.05, 3.63) is 60.2 Å². The molecule has 8 heteroatoms. The Morgan fingerprint density at radius 2 is 2.00 bits per heavy atom. The fourth-order valence-corrected chi connectivity index (χ4v) is 2.62. The van der Waals surface area contributed by atoms with Crippen molar-refractivity contribution in [2.45, 2.75) is 13.5 Å². The molecule has 3 N–H and O–H groups in total. The molecule has 0 atom stereocenters. The van der Waals surface area contributed by atoms with Crippen LogP contribution in [-0.2, 0) is 6.61 Å². The van der Waals surface area contributed by atoms with Gasteiger partial charge in [0.1, 0.15) is 12.3 Å². The molecule has 0 amide bonds. The largest absolute Gasteiger partial charge is 0.493 e. The SMILES string of the molecule is Cc1ccc2nc(N)c(OCc3nc(O)ccc3-n3cccn3)cc2n1. The van der Waals surface area contributed by atoms with Gasteiger partial charge in [-0.15, -0.1) is 0 Å². The maximum Gasteiger partial charge on any atom is 0.211 e. The van der Waals surface area contributed by atoms with E-state index in [-0.39, 0.29) is 18.3 Å². The van der Waals surface area contributed by atoms with Crippen molar-refractivity contribution in [1.82, 2.24) is 24.7 Å². The predicted octanol–water partition coefficient (Wildman–Crippen LogP) is 2.39. The van der Waals surface area contributed by atoms with Crippen molar-refractivity contribution in [1.29, 1.82) is 0 Å². The lowest BCUT2D eigenvalue weighted by molar-refractivity contribution is 0.299. The van der Waals surface area contributed by atoms with Gasteiger partial charge in [-0.2, -0.15) is 5.10 Å². The number of ether oxygens (including phenoxy) is 1. The van der Waals surface area contributed by atoms with E-state index in [1.165, 1.54) is 6.07 Å². The molecule has 0 bridgehead atoms. The Bertz CT molecular complexity index is 1080. The molecule has 0 saturated carbocycles. The van der Waals surface area contributed by atoms with Gasteiger partial charge in [0.2, 0.25) is 5.88 Å². The number of nitrogens with two attached hydrogens (primary N) is 1. The summed E-state index contributed by atoms with van der Waals surface area (Å²) in [6.07, 6.45) is 3.45. The fraction of sp³-hybridized carbons (Fsp3) is 0.111. The standard InChI is InChI=1S/C18H16N6O2/c1-11-3-4-12-13(21-11)9-16(18(19)23-12)26-10-14-15(5-6-17(25)22-14)24-8-2-7-20-24/h2-9H,10H2,1H3,(H2,19,23)(H,22,25). The van der Waals surface area contributed by atoms with E-state index < -0.39 is 0 Å². The van der Waals surface area contributed by atoms with Gasteiger partial charge in [0, 0.05) is 30.2 Å². The molecule has 4 heterocycles. The van der Waals surface area contributed by atoms with Gasteiger partial charge in [-0.1, -0.05) is 0 Å². The lowest BCUT2D eigenvalue weighted by Gasteiger charge is -2.12. The second kappa shape index (κ2) is 6.32. The Labute approximate surface area is 148 Å². The molecule has 0 fully saturated rings. The summed E-state index contributed by atoms with van der Waals surface area (Å²) in [5, 5.41) is 13.9. The fourth-order valence-electron chi connectivity index (χ4n) is 2.62. The highest BCUT2D eigenvalue weighted by molar-refractivity contribution is 5.79. The van der Waals surface area contributed by atoms with Gasteiger partial charge >= 0.3 is 0 Å². The first-order valence-corrected chi connectivity index (χ1v) is 7.96. The van der Waals surface area contributed by atoms with Crippen LogP contribution >= 0.6 is 0 Å². The van der Waals surface area contributed by atoms with E-state index in [0.29, 0.717) is 28.2 Å². The number of aromatic nitrogens is 5. The third kappa shape index (κ3) is 3.00. The van der Waals surface area contributed by atoms with Crippen LogP contribution in [0.25, 0.3) is 16.7 Å². The maximum absolute atomic E-state index is 9.72. The van der Waals surface area contributed by atoms with Gasteiger partial charge in [-0.25, -0.2) is 14.6 Å². The molecule has 4 rings (SSSR count). The number of anilines is 1. The van der Waals surface area contributed by atoms with Crippen LogP contribution in [0.15, 0.2) is 48.8 Å². The minimum atomic E-state index is -0.0959. The molecule has 4 aromatic heterocycles. The van der Waals surface area contributed by atoms with E-state index in [2.05, 4.69) is 20.1 Å². The molecule has 0 spiro atoms. The topological polar surface area (TPSA) is 112 Å². The first kappa shape index (κ1) is 15.8. The summed E-state index contributed by atoms with van der Waals surface area (Å²) < 4.78 is 7.47. The second-order valence-corrected chi connectivity index (χ2v) is 5.74. The Hall–Kier alpha value is -3.68. The van der Waals surface area contributed by atoms with E-state index in [4.69, 9.17) is 10.5 Å². The number of hydrogen-bond acceptors (Lipinski definition) is 7. The number of pyridine rings is 3. The summed E-state index contributed by atoms with van der Waals surface area (Å²) in [4.78, 5) is 12.9. The molecule has 0 aromatic carbocycles.